The number of hydrogen-bond donors (Lipinski definition) is 0. The van der Waals surface area contributed by atoms with Crippen molar-refractivity contribution in [2.45, 2.75) is 322 Å². The molecule has 0 aliphatic rings. The Morgan fingerprint density at radius 1 is 0.280 bits per heavy atom. The molecular formula is C69H120O6. The van der Waals surface area contributed by atoms with Crippen LogP contribution in [0.15, 0.2) is 85.1 Å². The second kappa shape index (κ2) is 63.1. The van der Waals surface area contributed by atoms with E-state index in [-0.39, 0.29) is 31.1 Å². The number of hydrogen-bond acceptors (Lipinski definition) is 6. The van der Waals surface area contributed by atoms with Crippen molar-refractivity contribution in [1.29, 1.82) is 0 Å². The zero-order chi connectivity index (χ0) is 54.3. The highest BCUT2D eigenvalue weighted by molar-refractivity contribution is 5.71. The monoisotopic (exact) mass is 1040 g/mol. The molecule has 0 saturated carbocycles. The van der Waals surface area contributed by atoms with E-state index in [1.54, 1.807) is 0 Å². The Hall–Kier alpha value is -3.41. The van der Waals surface area contributed by atoms with Crippen molar-refractivity contribution in [3.05, 3.63) is 85.1 Å². The van der Waals surface area contributed by atoms with Gasteiger partial charge in [-0.05, 0) is 89.9 Å². The summed E-state index contributed by atoms with van der Waals surface area (Å²) in [5, 5.41) is 0. The predicted octanol–water partition coefficient (Wildman–Crippen LogP) is 21.9. The summed E-state index contributed by atoms with van der Waals surface area (Å²) in [5.41, 5.74) is 0. The quantitative estimate of drug-likeness (QED) is 0.0261. The molecule has 75 heavy (non-hydrogen) atoms. The first-order chi connectivity index (χ1) is 37.0. The Balaban J connectivity index is 4.27. The molecule has 0 N–H and O–H groups in total. The number of ether oxygens (including phenoxy) is 3. The number of unbranched alkanes of at least 4 members (excludes halogenated alkanes) is 33. The second-order valence-corrected chi connectivity index (χ2v) is 21.3. The molecule has 1 unspecified atom stereocenters. The second-order valence-electron chi connectivity index (χ2n) is 21.3. The van der Waals surface area contributed by atoms with Gasteiger partial charge in [-0.2, -0.15) is 0 Å². The van der Waals surface area contributed by atoms with Crippen molar-refractivity contribution in [2.24, 2.45) is 0 Å². The van der Waals surface area contributed by atoms with E-state index in [2.05, 4.69) is 106 Å². The minimum absolute atomic E-state index is 0.0798. The van der Waals surface area contributed by atoms with Gasteiger partial charge in [-0.3, -0.25) is 14.4 Å². The summed E-state index contributed by atoms with van der Waals surface area (Å²) in [5.74, 6) is -0.883. The van der Waals surface area contributed by atoms with Gasteiger partial charge in [-0.1, -0.05) is 292 Å². The van der Waals surface area contributed by atoms with E-state index in [1.807, 2.05) is 0 Å². The molecule has 0 aromatic rings. The van der Waals surface area contributed by atoms with E-state index in [0.29, 0.717) is 19.3 Å². The number of carbonyl (C=O) groups is 3. The standard InChI is InChI=1S/C69H120O6/c1-4-7-10-13-16-19-22-25-28-29-30-31-32-33-34-35-36-37-38-39-42-44-47-50-53-56-59-62-68(71)74-65-66(75-69(72)63-60-57-54-51-48-45-41-27-24-21-18-15-12-9-6-3)64-73-67(70)61-58-55-52-49-46-43-40-26-23-20-17-14-11-8-5-2/h7,9-10,12,16,18-19,21,25,27-28,30-31,41,66H,4-6,8,11,13-15,17,20,22-24,26,29,32-40,42-65H2,1-3H3/b10-7-,12-9-,19-16-,21-18-,28-25-,31-30-,41-27-. The molecule has 1 atom stereocenters. The van der Waals surface area contributed by atoms with Crippen molar-refractivity contribution < 1.29 is 28.6 Å². The predicted molar refractivity (Wildman–Crippen MR) is 325 cm³/mol. The van der Waals surface area contributed by atoms with Crippen LogP contribution in [0.4, 0.5) is 0 Å². The summed E-state index contributed by atoms with van der Waals surface area (Å²) in [4.78, 5) is 38.3. The fourth-order valence-electron chi connectivity index (χ4n) is 9.16. The average Bonchev–Trinajstić information content (AvgIpc) is 3.41. The molecular weight excluding hydrogens is 925 g/mol. The fraction of sp³-hybridized carbons (Fsp3) is 0.754. The molecule has 0 aromatic heterocycles. The van der Waals surface area contributed by atoms with E-state index < -0.39 is 6.10 Å². The third-order valence-corrected chi connectivity index (χ3v) is 13.9. The fourth-order valence-corrected chi connectivity index (χ4v) is 9.16. The van der Waals surface area contributed by atoms with Crippen LogP contribution in [-0.4, -0.2) is 37.2 Å². The van der Waals surface area contributed by atoms with Crippen molar-refractivity contribution in [2.75, 3.05) is 13.2 Å². The molecule has 0 saturated heterocycles. The molecule has 6 nitrogen and oxygen atoms in total. The largest absolute Gasteiger partial charge is 0.462 e. The van der Waals surface area contributed by atoms with Gasteiger partial charge in [-0.15, -0.1) is 0 Å². The number of rotatable bonds is 58. The van der Waals surface area contributed by atoms with E-state index >= 15 is 0 Å². The van der Waals surface area contributed by atoms with Crippen LogP contribution in [0.25, 0.3) is 0 Å². The van der Waals surface area contributed by atoms with Gasteiger partial charge in [-0.25, -0.2) is 0 Å². The van der Waals surface area contributed by atoms with Crippen LogP contribution in [-0.2, 0) is 28.6 Å². The molecule has 0 aliphatic heterocycles. The van der Waals surface area contributed by atoms with E-state index in [1.165, 1.54) is 154 Å². The first kappa shape index (κ1) is 71.6. The molecule has 0 bridgehead atoms. The lowest BCUT2D eigenvalue weighted by Crippen LogP contribution is -2.30. The topological polar surface area (TPSA) is 78.9 Å². The van der Waals surface area contributed by atoms with E-state index in [0.717, 1.165) is 122 Å². The highest BCUT2D eigenvalue weighted by Gasteiger charge is 2.19. The minimum Gasteiger partial charge on any atom is -0.462 e. The maximum Gasteiger partial charge on any atom is 0.306 e. The Kier molecular flexibility index (Phi) is 60.3. The van der Waals surface area contributed by atoms with E-state index in [4.69, 9.17) is 14.2 Å². The van der Waals surface area contributed by atoms with Crippen molar-refractivity contribution in [3.8, 4) is 0 Å². The molecule has 0 aliphatic carbocycles. The van der Waals surface area contributed by atoms with Crippen LogP contribution in [0.5, 0.6) is 0 Å². The Morgan fingerprint density at radius 3 is 0.813 bits per heavy atom. The minimum atomic E-state index is -0.784. The zero-order valence-corrected chi connectivity index (χ0v) is 49.6. The molecule has 0 amide bonds. The highest BCUT2D eigenvalue weighted by Crippen LogP contribution is 2.17. The molecule has 0 heterocycles. The van der Waals surface area contributed by atoms with Crippen LogP contribution < -0.4 is 0 Å². The lowest BCUT2D eigenvalue weighted by Gasteiger charge is -2.18. The Morgan fingerprint density at radius 2 is 0.520 bits per heavy atom. The third-order valence-electron chi connectivity index (χ3n) is 13.9. The van der Waals surface area contributed by atoms with Crippen LogP contribution >= 0.6 is 0 Å². The third kappa shape index (κ3) is 61.3. The molecule has 6 heteroatoms. The van der Waals surface area contributed by atoms with Crippen LogP contribution in [0.3, 0.4) is 0 Å². The molecule has 0 rings (SSSR count). The summed E-state index contributed by atoms with van der Waals surface area (Å²) in [7, 11) is 0. The van der Waals surface area contributed by atoms with Gasteiger partial charge in [0.05, 0.1) is 0 Å². The van der Waals surface area contributed by atoms with Crippen molar-refractivity contribution in [1.82, 2.24) is 0 Å². The lowest BCUT2D eigenvalue weighted by molar-refractivity contribution is -0.167. The lowest BCUT2D eigenvalue weighted by atomic mass is 10.0. The maximum atomic E-state index is 12.9. The SMILES string of the molecule is CC/C=C\C/C=C\C/C=C\C/C=C\CCCCCCCCCCCCCCCCC(=O)OCC(COC(=O)CCCCCCCCCCCCCCCCC)OC(=O)CCCCCCC/C=C\C/C=C\C/C=C\CC. The van der Waals surface area contributed by atoms with Crippen LogP contribution in [0.2, 0.25) is 0 Å². The summed E-state index contributed by atoms with van der Waals surface area (Å²) in [6, 6.07) is 0. The normalized spacial score (nSPS) is 12.6. The van der Waals surface area contributed by atoms with Gasteiger partial charge < -0.3 is 14.2 Å². The van der Waals surface area contributed by atoms with Gasteiger partial charge in [0.25, 0.3) is 0 Å². The van der Waals surface area contributed by atoms with Gasteiger partial charge in [0.1, 0.15) is 13.2 Å². The summed E-state index contributed by atoms with van der Waals surface area (Å²) >= 11 is 0. The molecule has 0 radical (unpaired) electrons. The zero-order valence-electron chi connectivity index (χ0n) is 49.6. The average molecular weight is 1050 g/mol. The molecule has 432 valence electrons. The van der Waals surface area contributed by atoms with Crippen LogP contribution in [0, 0.1) is 0 Å². The van der Waals surface area contributed by atoms with Gasteiger partial charge in [0.2, 0.25) is 0 Å². The highest BCUT2D eigenvalue weighted by atomic mass is 16.6. The molecule has 0 aromatic carbocycles. The van der Waals surface area contributed by atoms with Gasteiger partial charge in [0.15, 0.2) is 6.10 Å². The van der Waals surface area contributed by atoms with Gasteiger partial charge in [0, 0.05) is 19.3 Å². The first-order valence-electron chi connectivity index (χ1n) is 32.1. The van der Waals surface area contributed by atoms with Crippen molar-refractivity contribution >= 4 is 17.9 Å². The summed E-state index contributed by atoms with van der Waals surface area (Å²) < 4.78 is 16.9. The van der Waals surface area contributed by atoms with Crippen molar-refractivity contribution in [3.63, 3.8) is 0 Å². The number of esters is 3. The summed E-state index contributed by atoms with van der Waals surface area (Å²) in [6.07, 6.45) is 83.1. The number of carbonyl (C=O) groups excluding carboxylic acids is 3. The molecule has 0 spiro atoms. The smallest absolute Gasteiger partial charge is 0.306 e. The van der Waals surface area contributed by atoms with E-state index in [9.17, 15) is 14.4 Å². The Bertz CT molecular complexity index is 1430. The summed E-state index contributed by atoms with van der Waals surface area (Å²) in [6.45, 7) is 6.44. The van der Waals surface area contributed by atoms with Crippen LogP contribution in [0.1, 0.15) is 316 Å². The van der Waals surface area contributed by atoms with Gasteiger partial charge >= 0.3 is 17.9 Å². The maximum absolute atomic E-state index is 12.9. The number of allylic oxidation sites excluding steroid dienone is 14. The Labute approximate surface area is 465 Å². The first-order valence-corrected chi connectivity index (χ1v) is 32.1. The molecule has 0 fully saturated rings.